The highest BCUT2D eigenvalue weighted by molar-refractivity contribution is 5.91. The van der Waals surface area contributed by atoms with Crippen LogP contribution in [0.25, 0.3) is 0 Å². The minimum absolute atomic E-state index is 0.163. The number of halogens is 3. The molecular formula is C25H28F3N3O3. The molecule has 0 unspecified atom stereocenters. The lowest BCUT2D eigenvalue weighted by atomic mass is 10.1. The average Bonchev–Trinajstić information content (AvgIpc) is 3.25. The minimum Gasteiger partial charge on any atom is -0.497 e. The monoisotopic (exact) mass is 475 g/mol. The molecule has 0 aliphatic heterocycles. The molecule has 6 nitrogen and oxygen atoms in total. The molecule has 1 amide bonds. The number of nitrogens with zero attached hydrogens (tertiary/aromatic N) is 2. The number of benzene rings is 2. The summed E-state index contributed by atoms with van der Waals surface area (Å²) in [7, 11) is 1.57. The van der Waals surface area contributed by atoms with Gasteiger partial charge in [0.15, 0.2) is 5.69 Å². The summed E-state index contributed by atoms with van der Waals surface area (Å²) in [6.45, 7) is 5.31. The van der Waals surface area contributed by atoms with E-state index in [4.69, 9.17) is 9.15 Å². The Morgan fingerprint density at radius 3 is 2.41 bits per heavy atom. The van der Waals surface area contributed by atoms with Gasteiger partial charge in [-0.2, -0.15) is 13.2 Å². The summed E-state index contributed by atoms with van der Waals surface area (Å²) >= 11 is 0. The zero-order valence-electron chi connectivity index (χ0n) is 19.4. The summed E-state index contributed by atoms with van der Waals surface area (Å²) in [5.41, 5.74) is 0.870. The van der Waals surface area contributed by atoms with Crippen molar-refractivity contribution in [3.63, 3.8) is 0 Å². The van der Waals surface area contributed by atoms with Gasteiger partial charge in [-0.1, -0.05) is 44.2 Å². The molecule has 1 aromatic heterocycles. The highest BCUT2D eigenvalue weighted by Crippen LogP contribution is 2.30. The zero-order chi connectivity index (χ0) is 24.7. The number of ether oxygens (including phenoxy) is 1. The molecule has 0 saturated heterocycles. The predicted octanol–water partition coefficient (Wildman–Crippen LogP) is 5.29. The maximum Gasteiger partial charge on any atom is 0.416 e. The first-order chi connectivity index (χ1) is 16.1. The molecule has 1 N–H and O–H groups in total. The molecule has 34 heavy (non-hydrogen) atoms. The number of oxazole rings is 1. The van der Waals surface area contributed by atoms with Gasteiger partial charge in [-0.25, -0.2) is 4.98 Å². The molecule has 2 aromatic carbocycles. The van der Waals surface area contributed by atoms with E-state index in [0.717, 1.165) is 17.7 Å². The van der Waals surface area contributed by atoms with Gasteiger partial charge >= 0.3 is 6.18 Å². The Balaban J connectivity index is 1.80. The molecule has 0 aliphatic carbocycles. The minimum atomic E-state index is -4.42. The lowest BCUT2D eigenvalue weighted by Crippen LogP contribution is -2.27. The van der Waals surface area contributed by atoms with Crippen LogP contribution in [0.15, 0.2) is 59.2 Å². The van der Waals surface area contributed by atoms with Crippen LogP contribution in [0, 0.1) is 5.92 Å². The van der Waals surface area contributed by atoms with Crippen molar-refractivity contribution in [2.75, 3.05) is 13.7 Å². The summed E-state index contributed by atoms with van der Waals surface area (Å²) in [5, 5.41) is 2.78. The summed E-state index contributed by atoms with van der Waals surface area (Å²) in [6.07, 6.45) is -3.13. The van der Waals surface area contributed by atoms with Crippen molar-refractivity contribution in [3.05, 3.63) is 83.1 Å². The second-order valence-electron chi connectivity index (χ2n) is 8.43. The number of rotatable bonds is 10. The number of methoxy groups -OCH3 is 1. The number of hydrogen-bond acceptors (Lipinski definition) is 5. The number of alkyl halides is 3. The highest BCUT2D eigenvalue weighted by atomic mass is 19.4. The van der Waals surface area contributed by atoms with Crippen LogP contribution in [0.5, 0.6) is 5.75 Å². The van der Waals surface area contributed by atoms with E-state index in [0.29, 0.717) is 36.2 Å². The fourth-order valence-corrected chi connectivity index (χ4v) is 3.37. The molecule has 0 radical (unpaired) electrons. The maximum absolute atomic E-state index is 13.2. The van der Waals surface area contributed by atoms with Crippen LogP contribution in [0.3, 0.4) is 0 Å². The molecule has 0 saturated carbocycles. The second-order valence-corrected chi connectivity index (χ2v) is 8.43. The van der Waals surface area contributed by atoms with Gasteiger partial charge in [-0.05, 0) is 35.2 Å². The Morgan fingerprint density at radius 2 is 1.76 bits per heavy atom. The lowest BCUT2D eigenvalue weighted by Gasteiger charge is -2.22. The first-order valence-electron chi connectivity index (χ1n) is 10.9. The molecule has 3 rings (SSSR count). The van der Waals surface area contributed by atoms with Crippen molar-refractivity contribution < 1.29 is 27.1 Å². The third-order valence-electron chi connectivity index (χ3n) is 5.01. The van der Waals surface area contributed by atoms with Gasteiger partial charge in [0.1, 0.15) is 12.0 Å². The van der Waals surface area contributed by atoms with E-state index in [9.17, 15) is 18.0 Å². The zero-order valence-corrected chi connectivity index (χ0v) is 19.4. The van der Waals surface area contributed by atoms with E-state index in [1.165, 1.54) is 12.3 Å². The van der Waals surface area contributed by atoms with E-state index in [1.807, 2.05) is 43.0 Å². The van der Waals surface area contributed by atoms with E-state index in [-0.39, 0.29) is 24.7 Å². The van der Waals surface area contributed by atoms with Crippen LogP contribution >= 0.6 is 0 Å². The standard InChI is InChI=1S/C25H28F3N3O3/c1-17(2)12-29-24(32)22-16-34-23(30-22)15-31(14-19-7-5-9-21(11-19)33-3)13-18-6-4-8-20(10-18)25(26,27)28/h4-11,16-17H,12-15H2,1-3H3,(H,29,32). The molecule has 0 atom stereocenters. The third kappa shape index (κ3) is 7.34. The number of aromatic nitrogens is 1. The van der Waals surface area contributed by atoms with Crippen molar-refractivity contribution in [2.45, 2.75) is 39.7 Å². The normalized spacial score (nSPS) is 11.8. The van der Waals surface area contributed by atoms with Gasteiger partial charge in [-0.15, -0.1) is 0 Å². The van der Waals surface area contributed by atoms with Crippen LogP contribution in [0.4, 0.5) is 13.2 Å². The molecule has 182 valence electrons. The molecule has 0 fully saturated rings. The van der Waals surface area contributed by atoms with Gasteiger partial charge in [0.25, 0.3) is 5.91 Å². The summed E-state index contributed by atoms with van der Waals surface area (Å²) in [4.78, 5) is 18.4. The van der Waals surface area contributed by atoms with Crippen molar-refractivity contribution in [1.29, 1.82) is 0 Å². The van der Waals surface area contributed by atoms with Gasteiger partial charge in [0.2, 0.25) is 5.89 Å². The second kappa shape index (κ2) is 11.2. The average molecular weight is 476 g/mol. The van der Waals surface area contributed by atoms with E-state index < -0.39 is 11.7 Å². The van der Waals surface area contributed by atoms with Crippen LogP contribution in [0.1, 0.15) is 46.9 Å². The molecule has 3 aromatic rings. The molecule has 9 heteroatoms. The molecular weight excluding hydrogens is 447 g/mol. The van der Waals surface area contributed by atoms with Gasteiger partial charge in [-0.3, -0.25) is 9.69 Å². The summed E-state index contributed by atoms with van der Waals surface area (Å²) < 4.78 is 50.3. The highest BCUT2D eigenvalue weighted by Gasteiger charge is 2.30. The van der Waals surface area contributed by atoms with Crippen molar-refractivity contribution in [2.24, 2.45) is 5.92 Å². The number of nitrogens with one attached hydrogen (secondary N) is 1. The van der Waals surface area contributed by atoms with Crippen LogP contribution in [-0.4, -0.2) is 29.4 Å². The number of carbonyl (C=O) groups is 1. The Bertz CT molecular complexity index is 1100. The molecule has 0 aliphatic rings. The van der Waals surface area contributed by atoms with Crippen molar-refractivity contribution in [3.8, 4) is 5.75 Å². The fraction of sp³-hybridized carbons (Fsp3) is 0.360. The summed E-state index contributed by atoms with van der Waals surface area (Å²) in [6, 6.07) is 12.7. The molecule has 0 spiro atoms. The maximum atomic E-state index is 13.2. The molecule has 0 bridgehead atoms. The topological polar surface area (TPSA) is 67.6 Å². The van der Waals surface area contributed by atoms with Gasteiger partial charge < -0.3 is 14.5 Å². The Labute approximate surface area is 196 Å². The van der Waals surface area contributed by atoms with E-state index in [2.05, 4.69) is 10.3 Å². The third-order valence-corrected chi connectivity index (χ3v) is 5.01. The Hall–Kier alpha value is -3.33. The van der Waals surface area contributed by atoms with E-state index in [1.54, 1.807) is 13.2 Å². The van der Waals surface area contributed by atoms with Crippen molar-refractivity contribution in [1.82, 2.24) is 15.2 Å². The largest absolute Gasteiger partial charge is 0.497 e. The van der Waals surface area contributed by atoms with E-state index >= 15 is 0 Å². The van der Waals surface area contributed by atoms with Crippen LogP contribution in [-0.2, 0) is 25.8 Å². The quantitative estimate of drug-likeness (QED) is 0.432. The number of hydrogen-bond donors (Lipinski definition) is 1. The number of amides is 1. The van der Waals surface area contributed by atoms with Crippen molar-refractivity contribution >= 4 is 5.91 Å². The number of carbonyl (C=O) groups excluding carboxylic acids is 1. The fourth-order valence-electron chi connectivity index (χ4n) is 3.37. The Kier molecular flexibility index (Phi) is 8.33. The smallest absolute Gasteiger partial charge is 0.416 e. The predicted molar refractivity (Wildman–Crippen MR) is 121 cm³/mol. The van der Waals surface area contributed by atoms with Gasteiger partial charge in [0, 0.05) is 19.6 Å². The first-order valence-corrected chi connectivity index (χ1v) is 10.9. The van der Waals surface area contributed by atoms with Crippen LogP contribution in [0.2, 0.25) is 0 Å². The molecule has 1 heterocycles. The lowest BCUT2D eigenvalue weighted by molar-refractivity contribution is -0.137. The Morgan fingerprint density at radius 1 is 1.09 bits per heavy atom. The first kappa shape index (κ1) is 25.3. The SMILES string of the molecule is COc1cccc(CN(Cc2cccc(C(F)(F)F)c2)Cc2nc(C(=O)NCC(C)C)co2)c1. The summed E-state index contributed by atoms with van der Waals surface area (Å²) in [5.74, 6) is 0.934. The van der Waals surface area contributed by atoms with Crippen LogP contribution < -0.4 is 10.1 Å². The van der Waals surface area contributed by atoms with Gasteiger partial charge in [0.05, 0.1) is 19.2 Å².